The predicted molar refractivity (Wildman–Crippen MR) is 80.9 cm³/mol. The fraction of sp³-hybridized carbons (Fsp3) is 0.571. The summed E-state index contributed by atoms with van der Waals surface area (Å²) in [5.41, 5.74) is 6.33. The number of nitrogens with one attached hydrogen (secondary N) is 1. The third kappa shape index (κ3) is 3.50. The largest absolute Gasteiger partial charge is 0.398 e. The van der Waals surface area contributed by atoms with Gasteiger partial charge in [-0.05, 0) is 37.5 Å². The molecule has 0 unspecified atom stereocenters. The van der Waals surface area contributed by atoms with Gasteiger partial charge in [0.1, 0.15) is 0 Å². The maximum atomic E-state index is 12.4. The number of nitrogens with two attached hydrogens (primary N) is 1. The summed E-state index contributed by atoms with van der Waals surface area (Å²) in [6, 6.07) is 4.83. The van der Waals surface area contributed by atoms with Gasteiger partial charge in [0.25, 0.3) is 0 Å². The molecule has 1 rings (SSSR count). The first-order valence-corrected chi connectivity index (χ1v) is 8.26. The number of nitrogen functional groups attached to an aromatic ring is 1. The van der Waals surface area contributed by atoms with Gasteiger partial charge in [0, 0.05) is 24.3 Å². The van der Waals surface area contributed by atoms with E-state index in [1.165, 1.54) is 6.07 Å². The average molecular weight is 300 g/mol. The first-order chi connectivity index (χ1) is 9.32. The Bertz CT molecular complexity index is 543. The minimum absolute atomic E-state index is 0.0432. The lowest BCUT2D eigenvalue weighted by Gasteiger charge is -2.29. The smallest absolute Gasteiger partial charge is 0.240 e. The van der Waals surface area contributed by atoms with Crippen LogP contribution in [-0.2, 0) is 10.0 Å². The van der Waals surface area contributed by atoms with E-state index < -0.39 is 15.4 Å². The minimum Gasteiger partial charge on any atom is -0.398 e. The van der Waals surface area contributed by atoms with E-state index in [0.29, 0.717) is 24.1 Å². The van der Waals surface area contributed by atoms with Gasteiger partial charge >= 0.3 is 0 Å². The van der Waals surface area contributed by atoms with Crippen molar-refractivity contribution in [3.63, 3.8) is 0 Å². The van der Waals surface area contributed by atoms with Gasteiger partial charge in [-0.25, -0.2) is 13.1 Å². The molecule has 0 bridgehead atoms. The first-order valence-electron chi connectivity index (χ1n) is 6.77. The maximum Gasteiger partial charge on any atom is 0.240 e. The summed E-state index contributed by atoms with van der Waals surface area (Å²) in [6.45, 7) is 5.74. The summed E-state index contributed by atoms with van der Waals surface area (Å²) in [6.07, 6.45) is 1.41. The van der Waals surface area contributed by atoms with Crippen LogP contribution in [0.1, 0.15) is 32.3 Å². The number of hydrogen-bond donors (Lipinski definition) is 3. The summed E-state index contributed by atoms with van der Waals surface area (Å²) in [5.74, 6) is 0. The number of anilines is 1. The molecule has 1 aromatic carbocycles. The summed E-state index contributed by atoms with van der Waals surface area (Å²) in [7, 11) is -3.62. The summed E-state index contributed by atoms with van der Waals surface area (Å²) in [4.78, 5) is 0.191. The molecule has 4 N–H and O–H groups in total. The number of benzene rings is 1. The van der Waals surface area contributed by atoms with Crippen molar-refractivity contribution in [3.8, 4) is 0 Å². The summed E-state index contributed by atoms with van der Waals surface area (Å²) < 4.78 is 27.3. The van der Waals surface area contributed by atoms with E-state index in [1.54, 1.807) is 19.1 Å². The van der Waals surface area contributed by atoms with E-state index in [-0.39, 0.29) is 18.0 Å². The molecule has 0 aliphatic rings. The normalized spacial score (nSPS) is 12.6. The van der Waals surface area contributed by atoms with Gasteiger partial charge in [0.15, 0.2) is 0 Å². The fourth-order valence-electron chi connectivity index (χ4n) is 2.03. The number of rotatable bonds is 7. The van der Waals surface area contributed by atoms with Gasteiger partial charge in [-0.3, -0.25) is 0 Å². The van der Waals surface area contributed by atoms with E-state index in [1.807, 2.05) is 13.8 Å². The number of aliphatic hydroxyl groups excluding tert-OH is 1. The molecule has 1 aromatic rings. The summed E-state index contributed by atoms with van der Waals surface area (Å²) in [5, 5.41) is 9.49. The second kappa shape index (κ2) is 6.56. The minimum atomic E-state index is -3.62. The van der Waals surface area contributed by atoms with Gasteiger partial charge in [-0.2, -0.15) is 0 Å². The molecule has 0 saturated heterocycles. The second-order valence-corrected chi connectivity index (χ2v) is 6.90. The zero-order valence-electron chi connectivity index (χ0n) is 12.3. The highest BCUT2D eigenvalue weighted by molar-refractivity contribution is 7.89. The predicted octanol–water partition coefficient (Wildman–Crippen LogP) is 1.65. The lowest BCUT2D eigenvalue weighted by atomic mass is 9.84. The van der Waals surface area contributed by atoms with Gasteiger partial charge < -0.3 is 10.8 Å². The highest BCUT2D eigenvalue weighted by atomic mass is 32.2. The third-order valence-electron chi connectivity index (χ3n) is 4.09. The van der Waals surface area contributed by atoms with E-state index in [4.69, 9.17) is 5.73 Å². The zero-order chi connectivity index (χ0) is 15.4. The Morgan fingerprint density at radius 1 is 1.30 bits per heavy atom. The van der Waals surface area contributed by atoms with Crippen molar-refractivity contribution < 1.29 is 13.5 Å². The fourth-order valence-corrected chi connectivity index (χ4v) is 3.46. The zero-order valence-corrected chi connectivity index (χ0v) is 13.1. The Hall–Kier alpha value is -1.11. The molecule has 0 amide bonds. The molecule has 0 heterocycles. The number of aliphatic hydroxyl groups is 1. The Balaban J connectivity index is 2.99. The van der Waals surface area contributed by atoms with Crippen LogP contribution in [0.5, 0.6) is 0 Å². The van der Waals surface area contributed by atoms with Crippen LogP contribution in [0.25, 0.3) is 0 Å². The molecule has 114 valence electrons. The topological polar surface area (TPSA) is 92.4 Å². The van der Waals surface area contributed by atoms with Crippen LogP contribution < -0.4 is 10.5 Å². The monoisotopic (exact) mass is 300 g/mol. The van der Waals surface area contributed by atoms with E-state index in [0.717, 1.165) is 0 Å². The molecule has 0 atom stereocenters. The van der Waals surface area contributed by atoms with Crippen molar-refractivity contribution in [1.29, 1.82) is 0 Å². The van der Waals surface area contributed by atoms with Crippen LogP contribution in [0.15, 0.2) is 23.1 Å². The molecule has 6 heteroatoms. The van der Waals surface area contributed by atoms with E-state index in [2.05, 4.69) is 4.72 Å². The molecule has 0 fully saturated rings. The molecule has 0 aliphatic heterocycles. The average Bonchev–Trinajstić information content (AvgIpc) is 2.44. The first kappa shape index (κ1) is 16.9. The van der Waals surface area contributed by atoms with E-state index in [9.17, 15) is 13.5 Å². The summed E-state index contributed by atoms with van der Waals surface area (Å²) >= 11 is 0. The van der Waals surface area contributed by atoms with Crippen LogP contribution in [0, 0.1) is 12.3 Å². The van der Waals surface area contributed by atoms with Crippen LogP contribution in [0.3, 0.4) is 0 Å². The van der Waals surface area contributed by atoms with E-state index >= 15 is 0 Å². The molecule has 0 aliphatic carbocycles. The Morgan fingerprint density at radius 3 is 2.40 bits per heavy atom. The number of sulfonamides is 1. The van der Waals surface area contributed by atoms with Gasteiger partial charge in [0.2, 0.25) is 10.0 Å². The van der Waals surface area contributed by atoms with Gasteiger partial charge in [0.05, 0.1) is 4.90 Å². The van der Waals surface area contributed by atoms with Crippen molar-refractivity contribution >= 4 is 15.7 Å². The molecule has 0 radical (unpaired) electrons. The van der Waals surface area contributed by atoms with Crippen molar-refractivity contribution in [2.75, 3.05) is 18.9 Å². The highest BCUT2D eigenvalue weighted by Gasteiger charge is 2.28. The van der Waals surface area contributed by atoms with Crippen molar-refractivity contribution in [3.05, 3.63) is 23.8 Å². The number of hydrogen-bond acceptors (Lipinski definition) is 4. The quantitative estimate of drug-likeness (QED) is 0.668. The standard InChI is InChI=1S/C14H24N2O3S/c1-4-14(5-2,10-17)9-16-20(18,19)13-8-6-7-12(15)11(13)3/h6-8,16-17H,4-5,9-10,15H2,1-3H3. The van der Waals surface area contributed by atoms with Crippen molar-refractivity contribution in [1.82, 2.24) is 4.72 Å². The Labute approximate surface area is 121 Å². The molecule has 0 spiro atoms. The lowest BCUT2D eigenvalue weighted by molar-refractivity contribution is 0.119. The van der Waals surface area contributed by atoms with Crippen LogP contribution in [-0.4, -0.2) is 26.7 Å². The molecule has 0 saturated carbocycles. The van der Waals surface area contributed by atoms with Gasteiger partial charge in [-0.1, -0.05) is 19.9 Å². The maximum absolute atomic E-state index is 12.4. The van der Waals surface area contributed by atoms with Crippen molar-refractivity contribution in [2.24, 2.45) is 5.41 Å². The molecular weight excluding hydrogens is 276 g/mol. The van der Waals surface area contributed by atoms with Crippen LogP contribution in [0.4, 0.5) is 5.69 Å². The van der Waals surface area contributed by atoms with Gasteiger partial charge in [-0.15, -0.1) is 0 Å². The molecule has 20 heavy (non-hydrogen) atoms. The van der Waals surface area contributed by atoms with Crippen molar-refractivity contribution in [2.45, 2.75) is 38.5 Å². The Morgan fingerprint density at radius 2 is 1.90 bits per heavy atom. The molecule has 5 nitrogen and oxygen atoms in total. The Kier molecular flexibility index (Phi) is 5.56. The second-order valence-electron chi connectivity index (χ2n) is 5.16. The van der Waals surface area contributed by atoms with Crippen LogP contribution in [0.2, 0.25) is 0 Å². The third-order valence-corrected chi connectivity index (χ3v) is 5.63. The molecule has 0 aromatic heterocycles. The van der Waals surface area contributed by atoms with Crippen LogP contribution >= 0.6 is 0 Å². The highest BCUT2D eigenvalue weighted by Crippen LogP contribution is 2.26. The molecular formula is C14H24N2O3S. The lowest BCUT2D eigenvalue weighted by Crippen LogP contribution is -2.39. The SMILES string of the molecule is CCC(CC)(CO)CNS(=O)(=O)c1cccc(N)c1C.